The molecule has 33 heavy (non-hydrogen) atoms. The standard InChI is InChI=1S/C21H29N9O3/c1-5-27-13-18(15(2)22-27)12-25-8-10-26(11-9-25)21(31)19-6-7-28(24-19)14-29-17(4)20(30(32)33)16(3)23-29/h6-7,13H,5,8-12,14H2,1-4H3. The smallest absolute Gasteiger partial charge is 0.312 e. The summed E-state index contributed by atoms with van der Waals surface area (Å²) in [7, 11) is 0. The summed E-state index contributed by atoms with van der Waals surface area (Å²) in [5.74, 6) is -0.109. The Hall–Kier alpha value is -3.54. The van der Waals surface area contributed by atoms with Gasteiger partial charge in [-0.15, -0.1) is 0 Å². The summed E-state index contributed by atoms with van der Waals surface area (Å²) in [6.45, 7) is 12.1. The molecule has 1 fully saturated rings. The fraction of sp³-hybridized carbons (Fsp3) is 0.524. The summed E-state index contributed by atoms with van der Waals surface area (Å²) >= 11 is 0. The molecule has 0 unspecified atom stereocenters. The van der Waals surface area contributed by atoms with Crippen molar-refractivity contribution < 1.29 is 9.72 Å². The van der Waals surface area contributed by atoms with Crippen molar-refractivity contribution in [1.29, 1.82) is 0 Å². The summed E-state index contributed by atoms with van der Waals surface area (Å²) in [4.78, 5) is 27.9. The van der Waals surface area contributed by atoms with Crippen LogP contribution >= 0.6 is 0 Å². The Balaban J connectivity index is 1.35. The summed E-state index contributed by atoms with van der Waals surface area (Å²) in [5, 5.41) is 24.3. The van der Waals surface area contributed by atoms with E-state index in [1.54, 1.807) is 30.8 Å². The van der Waals surface area contributed by atoms with Crippen LogP contribution in [0.1, 0.15) is 40.1 Å². The molecule has 12 nitrogen and oxygen atoms in total. The summed E-state index contributed by atoms with van der Waals surface area (Å²) in [5.41, 5.74) is 3.45. The lowest BCUT2D eigenvalue weighted by molar-refractivity contribution is -0.386. The van der Waals surface area contributed by atoms with Crippen molar-refractivity contribution in [2.75, 3.05) is 26.2 Å². The molecule has 1 aliphatic heterocycles. The SMILES string of the molecule is CCn1cc(CN2CCN(C(=O)c3ccn(Cn4nc(C)c([N+](=O)[O-])c4C)n3)CC2)c(C)n1. The Labute approximate surface area is 191 Å². The van der Waals surface area contributed by atoms with E-state index in [0.717, 1.165) is 31.9 Å². The number of aryl methyl sites for hydroxylation is 3. The van der Waals surface area contributed by atoms with E-state index in [-0.39, 0.29) is 18.3 Å². The van der Waals surface area contributed by atoms with Crippen molar-refractivity contribution in [2.45, 2.75) is 47.5 Å². The Bertz CT molecular complexity index is 1170. The third-order valence-electron chi connectivity index (χ3n) is 6.09. The van der Waals surface area contributed by atoms with E-state index in [9.17, 15) is 14.9 Å². The quantitative estimate of drug-likeness (QED) is 0.392. The van der Waals surface area contributed by atoms with Gasteiger partial charge < -0.3 is 4.90 Å². The second-order valence-electron chi connectivity index (χ2n) is 8.32. The van der Waals surface area contributed by atoms with Crippen molar-refractivity contribution in [2.24, 2.45) is 0 Å². The van der Waals surface area contributed by atoms with Crippen molar-refractivity contribution in [3.05, 3.63) is 56.9 Å². The molecule has 0 aromatic carbocycles. The topological polar surface area (TPSA) is 120 Å². The fourth-order valence-electron chi connectivity index (χ4n) is 4.17. The molecule has 0 saturated carbocycles. The number of nitrogens with zero attached hydrogens (tertiary/aromatic N) is 9. The first-order valence-electron chi connectivity index (χ1n) is 11.0. The van der Waals surface area contributed by atoms with Crippen LogP contribution in [0, 0.1) is 30.9 Å². The van der Waals surface area contributed by atoms with Crippen LogP contribution in [0.4, 0.5) is 5.69 Å². The summed E-state index contributed by atoms with van der Waals surface area (Å²) < 4.78 is 5.04. The van der Waals surface area contributed by atoms with Crippen molar-refractivity contribution in [3.63, 3.8) is 0 Å². The number of carbonyl (C=O) groups excluding carboxylic acids is 1. The first kappa shape index (κ1) is 22.6. The van der Waals surface area contributed by atoms with E-state index in [2.05, 4.69) is 33.3 Å². The van der Waals surface area contributed by atoms with E-state index in [1.165, 1.54) is 10.2 Å². The molecule has 3 aromatic heterocycles. The molecule has 1 amide bonds. The van der Waals surface area contributed by atoms with Gasteiger partial charge in [0.2, 0.25) is 0 Å². The molecule has 4 heterocycles. The molecule has 0 spiro atoms. The average Bonchev–Trinajstić information content (AvgIpc) is 3.46. The minimum Gasteiger partial charge on any atom is -0.335 e. The first-order chi connectivity index (χ1) is 15.8. The van der Waals surface area contributed by atoms with Gasteiger partial charge >= 0.3 is 5.69 Å². The molecule has 0 bridgehead atoms. The highest BCUT2D eigenvalue weighted by molar-refractivity contribution is 5.92. The van der Waals surface area contributed by atoms with Gasteiger partial charge in [-0.2, -0.15) is 15.3 Å². The van der Waals surface area contributed by atoms with Crippen LogP contribution in [-0.2, 0) is 19.8 Å². The third kappa shape index (κ3) is 4.65. The van der Waals surface area contributed by atoms with Gasteiger partial charge in [-0.1, -0.05) is 0 Å². The Morgan fingerprint density at radius 3 is 2.39 bits per heavy atom. The van der Waals surface area contributed by atoms with Crippen molar-refractivity contribution in [1.82, 2.24) is 39.1 Å². The van der Waals surface area contributed by atoms with Crippen LogP contribution in [0.15, 0.2) is 18.5 Å². The number of aromatic nitrogens is 6. The predicted octanol–water partition coefficient (Wildman–Crippen LogP) is 1.59. The zero-order chi connectivity index (χ0) is 23.7. The predicted molar refractivity (Wildman–Crippen MR) is 120 cm³/mol. The highest BCUT2D eigenvalue weighted by Gasteiger charge is 2.25. The summed E-state index contributed by atoms with van der Waals surface area (Å²) in [6, 6.07) is 1.68. The second kappa shape index (κ2) is 9.14. The van der Waals surface area contributed by atoms with Crippen LogP contribution in [-0.4, -0.2) is 76.2 Å². The number of hydrogen-bond acceptors (Lipinski definition) is 7. The Morgan fingerprint density at radius 1 is 1.06 bits per heavy atom. The number of piperazine rings is 1. The molecule has 3 aromatic rings. The van der Waals surface area contributed by atoms with Crippen LogP contribution in [0.25, 0.3) is 0 Å². The lowest BCUT2D eigenvalue weighted by Crippen LogP contribution is -2.48. The molecule has 1 aliphatic rings. The van der Waals surface area contributed by atoms with Gasteiger partial charge in [0.05, 0.1) is 10.6 Å². The molecule has 4 rings (SSSR count). The monoisotopic (exact) mass is 455 g/mol. The first-order valence-corrected chi connectivity index (χ1v) is 11.0. The average molecular weight is 456 g/mol. The maximum atomic E-state index is 12.9. The number of hydrogen-bond donors (Lipinski definition) is 0. The van der Waals surface area contributed by atoms with Crippen molar-refractivity contribution in [3.8, 4) is 0 Å². The molecular weight excluding hydrogens is 426 g/mol. The lowest BCUT2D eigenvalue weighted by atomic mass is 10.2. The molecule has 12 heteroatoms. The zero-order valence-electron chi connectivity index (χ0n) is 19.4. The van der Waals surface area contributed by atoms with Gasteiger partial charge in [-0.3, -0.25) is 29.2 Å². The highest BCUT2D eigenvalue weighted by Crippen LogP contribution is 2.21. The van der Waals surface area contributed by atoms with E-state index in [4.69, 9.17) is 0 Å². The number of nitro groups is 1. The fourth-order valence-corrected chi connectivity index (χ4v) is 4.17. The molecule has 0 radical (unpaired) electrons. The maximum absolute atomic E-state index is 12.9. The second-order valence-corrected chi connectivity index (χ2v) is 8.32. The van der Waals surface area contributed by atoms with Gasteiger partial charge in [0.15, 0.2) is 0 Å². The van der Waals surface area contributed by atoms with Gasteiger partial charge in [-0.25, -0.2) is 4.68 Å². The maximum Gasteiger partial charge on any atom is 0.312 e. The minimum absolute atomic E-state index is 0.00793. The van der Waals surface area contributed by atoms with E-state index in [1.807, 2.05) is 16.5 Å². The highest BCUT2D eigenvalue weighted by atomic mass is 16.6. The van der Waals surface area contributed by atoms with Crippen LogP contribution in [0.5, 0.6) is 0 Å². The van der Waals surface area contributed by atoms with Crippen LogP contribution in [0.2, 0.25) is 0 Å². The van der Waals surface area contributed by atoms with E-state index in [0.29, 0.717) is 30.2 Å². The van der Waals surface area contributed by atoms with Gasteiger partial charge in [0, 0.05) is 57.2 Å². The molecular formula is C21H29N9O3. The van der Waals surface area contributed by atoms with Crippen molar-refractivity contribution >= 4 is 11.6 Å². The zero-order valence-corrected chi connectivity index (χ0v) is 19.4. The third-order valence-corrected chi connectivity index (χ3v) is 6.09. The Morgan fingerprint density at radius 2 is 1.79 bits per heavy atom. The van der Waals surface area contributed by atoms with Crippen LogP contribution in [0.3, 0.4) is 0 Å². The molecule has 1 saturated heterocycles. The lowest BCUT2D eigenvalue weighted by Gasteiger charge is -2.34. The number of carbonyl (C=O) groups is 1. The molecule has 0 aliphatic carbocycles. The molecule has 0 N–H and O–H groups in total. The number of rotatable bonds is 7. The normalized spacial score (nSPS) is 14.7. The van der Waals surface area contributed by atoms with E-state index >= 15 is 0 Å². The summed E-state index contributed by atoms with van der Waals surface area (Å²) in [6.07, 6.45) is 3.79. The van der Waals surface area contributed by atoms with Crippen LogP contribution < -0.4 is 0 Å². The number of amides is 1. The van der Waals surface area contributed by atoms with E-state index < -0.39 is 4.92 Å². The molecule has 176 valence electrons. The minimum atomic E-state index is -0.428. The van der Waals surface area contributed by atoms with Gasteiger partial charge in [0.25, 0.3) is 5.91 Å². The molecule has 0 atom stereocenters. The van der Waals surface area contributed by atoms with Gasteiger partial charge in [0.1, 0.15) is 23.8 Å². The largest absolute Gasteiger partial charge is 0.335 e. The van der Waals surface area contributed by atoms with Gasteiger partial charge in [-0.05, 0) is 33.8 Å². The Kier molecular flexibility index (Phi) is 6.27.